The third-order valence-electron chi connectivity index (χ3n) is 5.14. The number of carbonyl (C=O) groups is 1. The number of fused-ring (bicyclic) bond motifs is 2. The maximum Gasteiger partial charge on any atom is 0.337 e. The van der Waals surface area contributed by atoms with Crippen molar-refractivity contribution in [3.8, 4) is 28.2 Å². The van der Waals surface area contributed by atoms with Gasteiger partial charge in [0, 0.05) is 28.1 Å². The summed E-state index contributed by atoms with van der Waals surface area (Å²) in [7, 11) is 1.27. The summed E-state index contributed by atoms with van der Waals surface area (Å²) in [5.41, 5.74) is 1.69. The Bertz CT molecular complexity index is 1370. The molecular weight excluding hydrogens is 418 g/mol. The highest BCUT2D eigenvalue weighted by Gasteiger charge is 2.24. The van der Waals surface area contributed by atoms with Gasteiger partial charge in [-0.25, -0.2) is 13.6 Å². The number of phenols is 1. The van der Waals surface area contributed by atoms with Crippen LogP contribution in [0.3, 0.4) is 0 Å². The van der Waals surface area contributed by atoms with Crippen molar-refractivity contribution in [1.29, 1.82) is 0 Å². The summed E-state index contributed by atoms with van der Waals surface area (Å²) in [4.78, 5) is 23.7. The molecule has 4 rings (SSSR count). The van der Waals surface area contributed by atoms with Gasteiger partial charge in [-0.05, 0) is 49.2 Å². The lowest BCUT2D eigenvalue weighted by molar-refractivity contribution is 0.0600. The van der Waals surface area contributed by atoms with Gasteiger partial charge in [-0.1, -0.05) is 19.9 Å². The minimum Gasteiger partial charge on any atom is -0.505 e. The number of halogens is 2. The number of aromatic hydroxyl groups is 1. The van der Waals surface area contributed by atoms with Gasteiger partial charge in [0.2, 0.25) is 5.43 Å². The number of aryl methyl sites for hydroxylation is 2. The second-order valence-electron chi connectivity index (χ2n) is 6.99. The molecule has 1 N–H and O–H groups in total. The second-order valence-corrected chi connectivity index (χ2v) is 6.99. The minimum atomic E-state index is -0.974. The number of benzene rings is 3. The largest absolute Gasteiger partial charge is 0.505 e. The highest BCUT2D eigenvalue weighted by molar-refractivity contribution is 6.04. The molecule has 0 saturated heterocycles. The number of esters is 1. The molecule has 0 fully saturated rings. The molecule has 2 aromatic rings. The molecule has 2 aliphatic rings. The van der Waals surface area contributed by atoms with Gasteiger partial charge in [0.1, 0.15) is 11.3 Å². The number of hydrogen-bond donors (Lipinski definition) is 1. The van der Waals surface area contributed by atoms with Gasteiger partial charge in [0.15, 0.2) is 17.4 Å². The summed E-state index contributed by atoms with van der Waals surface area (Å²) >= 11 is 0. The van der Waals surface area contributed by atoms with E-state index in [1.54, 1.807) is 19.1 Å². The van der Waals surface area contributed by atoms with Crippen molar-refractivity contribution in [2.24, 2.45) is 0 Å². The predicted octanol–water partition coefficient (Wildman–Crippen LogP) is 5.98. The lowest BCUT2D eigenvalue weighted by atomic mass is 9.89. The topological polar surface area (TPSA) is 76.7 Å². The van der Waals surface area contributed by atoms with E-state index in [1.165, 1.54) is 20.1 Å². The summed E-state index contributed by atoms with van der Waals surface area (Å²) in [6.07, 6.45) is 0. The fraction of sp³-hybridized carbons (Fsp3) is 0.200. The molecule has 0 aromatic heterocycles. The Morgan fingerprint density at radius 1 is 1.00 bits per heavy atom. The molecule has 7 heteroatoms. The van der Waals surface area contributed by atoms with E-state index in [0.29, 0.717) is 27.6 Å². The van der Waals surface area contributed by atoms with E-state index in [0.717, 1.165) is 18.2 Å². The van der Waals surface area contributed by atoms with E-state index in [4.69, 9.17) is 9.15 Å². The van der Waals surface area contributed by atoms with E-state index in [2.05, 4.69) is 0 Å². The third kappa shape index (κ3) is 3.70. The summed E-state index contributed by atoms with van der Waals surface area (Å²) in [6.45, 7) is 7.22. The zero-order valence-electron chi connectivity index (χ0n) is 18.3. The van der Waals surface area contributed by atoms with Crippen molar-refractivity contribution in [3.63, 3.8) is 0 Å². The Morgan fingerprint density at radius 2 is 1.69 bits per heavy atom. The van der Waals surface area contributed by atoms with Crippen LogP contribution >= 0.6 is 0 Å². The Balaban J connectivity index is 0.00000141. The molecule has 1 aliphatic carbocycles. The normalized spacial score (nSPS) is 10.7. The highest BCUT2D eigenvalue weighted by Crippen LogP contribution is 2.44. The first-order valence-corrected chi connectivity index (χ1v) is 10.0. The van der Waals surface area contributed by atoms with Crippen LogP contribution in [0.2, 0.25) is 0 Å². The Labute approximate surface area is 183 Å². The fourth-order valence-electron chi connectivity index (χ4n) is 3.62. The Morgan fingerprint density at radius 3 is 2.31 bits per heavy atom. The molecule has 0 spiro atoms. The van der Waals surface area contributed by atoms with Gasteiger partial charge in [-0.2, -0.15) is 0 Å². The monoisotopic (exact) mass is 440 g/mol. The average Bonchev–Trinajstić information content (AvgIpc) is 2.79. The zero-order valence-corrected chi connectivity index (χ0v) is 18.3. The summed E-state index contributed by atoms with van der Waals surface area (Å²) in [6, 6.07) is 7.95. The molecule has 0 saturated carbocycles. The lowest BCUT2D eigenvalue weighted by Crippen LogP contribution is -2.07. The molecular formula is C25H22F2O5. The smallest absolute Gasteiger partial charge is 0.337 e. The highest BCUT2D eigenvalue weighted by atomic mass is 19.1. The van der Waals surface area contributed by atoms with Crippen LogP contribution in [-0.2, 0) is 4.74 Å². The molecule has 32 heavy (non-hydrogen) atoms. The number of carbonyl (C=O) groups excluding carboxylic acids is 1. The molecule has 166 valence electrons. The third-order valence-corrected chi connectivity index (χ3v) is 5.14. The van der Waals surface area contributed by atoms with Gasteiger partial charge >= 0.3 is 5.97 Å². The van der Waals surface area contributed by atoms with E-state index in [9.17, 15) is 23.5 Å². The van der Waals surface area contributed by atoms with Gasteiger partial charge in [-0.3, -0.25) is 4.79 Å². The standard InChI is InChI=1S/C23H16F2O5.C2H6/c1-10-6-12(23(28)29-3)4-5-13(10)20-14-7-16(24)18(26)9-19(14)30-22-11(2)21(27)17(25)8-15(20)22;1-2/h4-9,27H,1-3H3;1-2H3. The van der Waals surface area contributed by atoms with Crippen LogP contribution in [0.4, 0.5) is 8.78 Å². The predicted molar refractivity (Wildman–Crippen MR) is 118 cm³/mol. The number of rotatable bonds is 2. The number of phenolic OH excluding ortho intramolecular Hbond substituents is 1. The van der Waals surface area contributed by atoms with Crippen molar-refractivity contribution in [2.75, 3.05) is 7.11 Å². The van der Waals surface area contributed by atoms with E-state index in [-0.39, 0.29) is 22.5 Å². The van der Waals surface area contributed by atoms with Crippen LogP contribution in [-0.4, -0.2) is 18.2 Å². The van der Waals surface area contributed by atoms with Crippen LogP contribution in [0.5, 0.6) is 5.75 Å². The number of methoxy groups -OCH3 is 1. The van der Waals surface area contributed by atoms with Crippen LogP contribution in [0, 0.1) is 25.5 Å². The van der Waals surface area contributed by atoms with Crippen molar-refractivity contribution in [3.05, 3.63) is 74.9 Å². The molecule has 0 radical (unpaired) electrons. The fourth-order valence-corrected chi connectivity index (χ4v) is 3.62. The molecule has 5 nitrogen and oxygen atoms in total. The van der Waals surface area contributed by atoms with Crippen LogP contribution in [0.1, 0.15) is 35.3 Å². The molecule has 2 aromatic carbocycles. The van der Waals surface area contributed by atoms with Crippen molar-refractivity contribution < 1.29 is 27.8 Å². The van der Waals surface area contributed by atoms with E-state index in [1.807, 2.05) is 13.8 Å². The molecule has 0 unspecified atom stereocenters. The number of hydrogen-bond acceptors (Lipinski definition) is 5. The first-order chi connectivity index (χ1) is 15.2. The SMILES string of the molecule is CC.COC(=O)c1ccc(-c2c3cc(F)c(=O)cc-3oc3c(C)c(O)c(F)cc23)c(C)c1. The van der Waals surface area contributed by atoms with Crippen molar-refractivity contribution in [2.45, 2.75) is 27.7 Å². The van der Waals surface area contributed by atoms with Crippen LogP contribution in [0.15, 0.2) is 45.6 Å². The van der Waals surface area contributed by atoms with E-state index >= 15 is 0 Å². The Hall–Kier alpha value is -3.74. The van der Waals surface area contributed by atoms with Crippen LogP contribution in [0.25, 0.3) is 33.4 Å². The maximum absolute atomic E-state index is 14.4. The molecule has 0 amide bonds. The molecule has 1 heterocycles. The van der Waals surface area contributed by atoms with Gasteiger partial charge in [-0.15, -0.1) is 0 Å². The zero-order chi connectivity index (χ0) is 23.7. The summed E-state index contributed by atoms with van der Waals surface area (Å²) in [5.74, 6) is -2.83. The Kier molecular flexibility index (Phi) is 6.30. The van der Waals surface area contributed by atoms with Crippen molar-refractivity contribution in [1.82, 2.24) is 0 Å². The molecule has 1 aliphatic heterocycles. The second kappa shape index (κ2) is 8.78. The minimum absolute atomic E-state index is 0.0921. The van der Waals surface area contributed by atoms with Gasteiger partial charge in [0.05, 0.1) is 12.7 Å². The van der Waals surface area contributed by atoms with E-state index < -0.39 is 28.8 Å². The number of ether oxygens (including phenoxy) is 1. The molecule has 0 atom stereocenters. The van der Waals surface area contributed by atoms with Crippen molar-refractivity contribution >= 4 is 16.9 Å². The van der Waals surface area contributed by atoms with Gasteiger partial charge < -0.3 is 14.3 Å². The summed E-state index contributed by atoms with van der Waals surface area (Å²) < 4.78 is 39.0. The maximum atomic E-state index is 14.4. The van der Waals surface area contributed by atoms with Crippen LogP contribution < -0.4 is 5.43 Å². The average molecular weight is 440 g/mol. The first-order valence-electron chi connectivity index (χ1n) is 10.0. The molecule has 0 bridgehead atoms. The lowest BCUT2D eigenvalue weighted by Gasteiger charge is -2.18. The summed E-state index contributed by atoms with van der Waals surface area (Å²) in [5, 5.41) is 10.3. The van der Waals surface area contributed by atoms with Gasteiger partial charge in [0.25, 0.3) is 0 Å². The quantitative estimate of drug-likeness (QED) is 0.307. The first kappa shape index (κ1) is 22.9.